The van der Waals surface area contributed by atoms with Crippen LogP contribution in [0.2, 0.25) is 0 Å². The molecule has 0 rings (SSSR count). The van der Waals surface area contributed by atoms with Gasteiger partial charge >= 0.3 is 7.82 Å². The number of nitrogens with one attached hydrogen (secondary N) is 1. The zero-order chi connectivity index (χ0) is 40.7. The molecule has 1 amide bonds. The largest absolute Gasteiger partial charge is 0.472 e. The fourth-order valence-corrected chi connectivity index (χ4v) is 7.42. The van der Waals surface area contributed by atoms with Gasteiger partial charge in [-0.05, 0) is 44.9 Å². The number of rotatable bonds is 42. The minimum absolute atomic E-state index is 0.0616. The van der Waals surface area contributed by atoms with Crippen molar-refractivity contribution in [2.45, 2.75) is 225 Å². The first-order chi connectivity index (χ1) is 26.5. The summed E-state index contributed by atoms with van der Waals surface area (Å²) >= 11 is 0. The lowest BCUT2D eigenvalue weighted by Gasteiger charge is -2.25. The van der Waals surface area contributed by atoms with E-state index in [1.807, 2.05) is 27.2 Å². The number of hydrogen-bond donors (Lipinski definition) is 3. The summed E-state index contributed by atoms with van der Waals surface area (Å²) in [6, 6.07) is -0.843. The van der Waals surface area contributed by atoms with Crippen molar-refractivity contribution in [3.63, 3.8) is 0 Å². The van der Waals surface area contributed by atoms with Crippen LogP contribution in [-0.2, 0) is 18.4 Å². The van der Waals surface area contributed by atoms with Gasteiger partial charge in [0, 0.05) is 6.42 Å². The Labute approximate surface area is 341 Å². The van der Waals surface area contributed by atoms with Gasteiger partial charge in [-0.25, -0.2) is 4.57 Å². The molecule has 0 aromatic carbocycles. The predicted octanol–water partition coefficient (Wildman–Crippen LogP) is 12.9. The summed E-state index contributed by atoms with van der Waals surface area (Å²) in [7, 11) is 1.57. The van der Waals surface area contributed by atoms with Crippen molar-refractivity contribution in [1.82, 2.24) is 5.32 Å². The molecular formula is C46H92N2O6P+. The smallest absolute Gasteiger partial charge is 0.387 e. The number of phosphoric acid groups is 1. The number of amides is 1. The van der Waals surface area contributed by atoms with E-state index in [0.29, 0.717) is 17.4 Å². The van der Waals surface area contributed by atoms with Gasteiger partial charge in [0.15, 0.2) is 0 Å². The average molecular weight is 800 g/mol. The first kappa shape index (κ1) is 54.0. The lowest BCUT2D eigenvalue weighted by molar-refractivity contribution is -0.870. The number of hydrogen-bond acceptors (Lipinski definition) is 5. The molecule has 3 N–H and O–H groups in total. The van der Waals surface area contributed by atoms with Crippen LogP contribution in [-0.4, -0.2) is 73.4 Å². The third kappa shape index (κ3) is 41.0. The van der Waals surface area contributed by atoms with Gasteiger partial charge < -0.3 is 19.8 Å². The molecule has 326 valence electrons. The van der Waals surface area contributed by atoms with Crippen LogP contribution in [0.1, 0.15) is 213 Å². The Bertz CT molecular complexity index is 953. The molecule has 0 aromatic rings. The zero-order valence-corrected chi connectivity index (χ0v) is 37.8. The molecule has 0 heterocycles. The van der Waals surface area contributed by atoms with E-state index in [9.17, 15) is 19.4 Å². The number of carbonyl (C=O) groups excluding carboxylic acids is 1. The molecule has 0 saturated heterocycles. The molecule has 9 heteroatoms. The third-order valence-corrected chi connectivity index (χ3v) is 11.4. The second-order valence-electron chi connectivity index (χ2n) is 17.1. The minimum atomic E-state index is -4.33. The third-order valence-electron chi connectivity index (χ3n) is 10.4. The number of allylic oxidation sites excluding steroid dienone is 3. The topological polar surface area (TPSA) is 105 Å². The first-order valence-electron chi connectivity index (χ1n) is 23.2. The Morgan fingerprint density at radius 3 is 1.40 bits per heavy atom. The second kappa shape index (κ2) is 38.5. The highest BCUT2D eigenvalue weighted by atomic mass is 31.2. The summed E-state index contributed by atoms with van der Waals surface area (Å²) in [5, 5.41) is 13.8. The summed E-state index contributed by atoms with van der Waals surface area (Å²) in [6.07, 6.45) is 45.5. The molecule has 0 saturated carbocycles. The summed E-state index contributed by atoms with van der Waals surface area (Å²) in [5.41, 5.74) is 0. The molecule has 55 heavy (non-hydrogen) atoms. The maximum atomic E-state index is 12.8. The van der Waals surface area contributed by atoms with E-state index in [-0.39, 0.29) is 19.1 Å². The van der Waals surface area contributed by atoms with Crippen LogP contribution in [0.25, 0.3) is 0 Å². The lowest BCUT2D eigenvalue weighted by atomic mass is 10.0. The standard InChI is InChI=1S/C46H91N2O6P/c1-6-8-10-12-14-16-17-18-19-20-21-22-23-24-25-26-27-28-29-30-32-34-36-38-40-46(50)47-44(43-54-55(51,52)53-42-41-48(3,4)5)45(49)39-37-35-33-31-15-13-11-9-7-2/h24-25,37,39,44-45,49H,6-23,26-36,38,40-43H2,1-5H3,(H-,47,50,51,52)/p+1/b25-24-,39-37+. The van der Waals surface area contributed by atoms with Crippen molar-refractivity contribution in [2.24, 2.45) is 0 Å². The molecule has 0 aliphatic heterocycles. The van der Waals surface area contributed by atoms with Crippen molar-refractivity contribution in [2.75, 3.05) is 40.9 Å². The van der Waals surface area contributed by atoms with E-state index in [2.05, 4.69) is 31.3 Å². The summed E-state index contributed by atoms with van der Waals surface area (Å²) in [5.74, 6) is -0.182. The van der Waals surface area contributed by atoms with Crippen molar-refractivity contribution in [1.29, 1.82) is 0 Å². The van der Waals surface area contributed by atoms with Gasteiger partial charge in [-0.15, -0.1) is 0 Å². The number of nitrogens with zero attached hydrogens (tertiary/aromatic N) is 1. The zero-order valence-electron chi connectivity index (χ0n) is 36.9. The number of carbonyl (C=O) groups is 1. The van der Waals surface area contributed by atoms with E-state index in [1.54, 1.807) is 6.08 Å². The van der Waals surface area contributed by atoms with E-state index in [1.165, 1.54) is 154 Å². The van der Waals surface area contributed by atoms with Crippen LogP contribution in [0.4, 0.5) is 0 Å². The Balaban J connectivity index is 4.17. The first-order valence-corrected chi connectivity index (χ1v) is 24.7. The number of aliphatic hydroxyl groups excluding tert-OH is 1. The normalized spacial score (nSPS) is 14.5. The van der Waals surface area contributed by atoms with E-state index in [4.69, 9.17) is 9.05 Å². The highest BCUT2D eigenvalue weighted by Gasteiger charge is 2.27. The quantitative estimate of drug-likeness (QED) is 0.0246. The second-order valence-corrected chi connectivity index (χ2v) is 18.6. The van der Waals surface area contributed by atoms with Gasteiger partial charge in [0.05, 0.1) is 39.9 Å². The van der Waals surface area contributed by atoms with Crippen molar-refractivity contribution in [3.05, 3.63) is 24.3 Å². The van der Waals surface area contributed by atoms with Crippen molar-refractivity contribution < 1.29 is 32.9 Å². The molecule has 8 nitrogen and oxygen atoms in total. The molecule has 3 unspecified atom stereocenters. The number of likely N-dealkylation sites (N-methyl/N-ethyl adjacent to an activating group) is 1. The van der Waals surface area contributed by atoms with E-state index in [0.717, 1.165) is 38.5 Å². The number of aliphatic hydroxyl groups is 1. The molecule has 0 radical (unpaired) electrons. The van der Waals surface area contributed by atoms with Crippen LogP contribution in [0, 0.1) is 0 Å². The number of quaternary nitrogens is 1. The van der Waals surface area contributed by atoms with Crippen LogP contribution in [0.5, 0.6) is 0 Å². The maximum absolute atomic E-state index is 12.8. The fraction of sp³-hybridized carbons (Fsp3) is 0.891. The molecule has 0 aromatic heterocycles. The lowest BCUT2D eigenvalue weighted by Crippen LogP contribution is -2.45. The fourth-order valence-electron chi connectivity index (χ4n) is 6.68. The van der Waals surface area contributed by atoms with Gasteiger partial charge in [-0.2, -0.15) is 0 Å². The summed E-state index contributed by atoms with van der Waals surface area (Å²) in [4.78, 5) is 23.1. The molecule has 3 atom stereocenters. The van der Waals surface area contributed by atoms with Gasteiger partial charge in [0.25, 0.3) is 0 Å². The number of unbranched alkanes of at least 4 members (excludes halogenated alkanes) is 27. The minimum Gasteiger partial charge on any atom is -0.387 e. The van der Waals surface area contributed by atoms with Gasteiger partial charge in [-0.1, -0.05) is 186 Å². The Morgan fingerprint density at radius 1 is 0.600 bits per heavy atom. The van der Waals surface area contributed by atoms with Gasteiger partial charge in [0.1, 0.15) is 13.2 Å². The highest BCUT2D eigenvalue weighted by Crippen LogP contribution is 2.43. The molecular weight excluding hydrogens is 707 g/mol. The van der Waals surface area contributed by atoms with E-state index >= 15 is 0 Å². The van der Waals surface area contributed by atoms with Crippen molar-refractivity contribution in [3.8, 4) is 0 Å². The van der Waals surface area contributed by atoms with Gasteiger partial charge in [0.2, 0.25) is 5.91 Å². The van der Waals surface area contributed by atoms with Crippen LogP contribution >= 0.6 is 7.82 Å². The summed E-state index contributed by atoms with van der Waals surface area (Å²) < 4.78 is 23.5. The monoisotopic (exact) mass is 800 g/mol. The Kier molecular flexibility index (Phi) is 37.8. The van der Waals surface area contributed by atoms with Gasteiger partial charge in [-0.3, -0.25) is 13.8 Å². The molecule has 0 aliphatic rings. The summed E-state index contributed by atoms with van der Waals surface area (Å²) in [6.45, 7) is 4.79. The van der Waals surface area contributed by atoms with Crippen LogP contribution in [0.15, 0.2) is 24.3 Å². The van der Waals surface area contributed by atoms with Crippen LogP contribution in [0.3, 0.4) is 0 Å². The van der Waals surface area contributed by atoms with Crippen molar-refractivity contribution >= 4 is 13.7 Å². The molecule has 0 fully saturated rings. The molecule has 0 aliphatic carbocycles. The Morgan fingerprint density at radius 2 is 0.982 bits per heavy atom. The highest BCUT2D eigenvalue weighted by molar-refractivity contribution is 7.47. The molecule has 0 bridgehead atoms. The molecule has 0 spiro atoms. The number of phosphoric ester groups is 1. The average Bonchev–Trinajstić information content (AvgIpc) is 3.13. The van der Waals surface area contributed by atoms with E-state index < -0.39 is 20.0 Å². The van der Waals surface area contributed by atoms with Crippen LogP contribution < -0.4 is 5.32 Å². The maximum Gasteiger partial charge on any atom is 0.472 e. The predicted molar refractivity (Wildman–Crippen MR) is 235 cm³/mol. The SMILES string of the molecule is CCCCCCCCC/C=C/C(O)C(COP(=O)(O)OCC[N+](C)(C)C)NC(=O)CCCCCCCCCC/C=C\CCCCCCCCCCCCCC. The Hall–Kier alpha value is -1.02.